The van der Waals surface area contributed by atoms with E-state index in [1.54, 1.807) is 11.3 Å². The Morgan fingerprint density at radius 2 is 2.00 bits per heavy atom. The predicted octanol–water partition coefficient (Wildman–Crippen LogP) is 3.07. The van der Waals surface area contributed by atoms with E-state index in [0.29, 0.717) is 17.5 Å². The summed E-state index contributed by atoms with van der Waals surface area (Å²) in [5, 5.41) is 16.0. The Morgan fingerprint density at radius 3 is 2.72 bits per heavy atom. The molecule has 5 nitrogen and oxygen atoms in total. The van der Waals surface area contributed by atoms with Gasteiger partial charge in [0.1, 0.15) is 0 Å². The van der Waals surface area contributed by atoms with Gasteiger partial charge in [0.2, 0.25) is 0 Å². The molecule has 1 saturated heterocycles. The molecule has 3 heterocycles. The Kier molecular flexibility index (Phi) is 4.48. The van der Waals surface area contributed by atoms with E-state index in [4.69, 9.17) is 4.98 Å². The molecule has 25 heavy (non-hydrogen) atoms. The predicted molar refractivity (Wildman–Crippen MR) is 100 cm³/mol. The molecule has 2 N–H and O–H groups in total. The number of nitrogens with zero attached hydrogens (tertiary/aromatic N) is 2. The minimum absolute atomic E-state index is 0.382. The topological polar surface area (TPSA) is 65.5 Å². The van der Waals surface area contributed by atoms with Crippen molar-refractivity contribution in [3.05, 3.63) is 52.9 Å². The maximum absolute atomic E-state index is 12.1. The smallest absolute Gasteiger partial charge is 0.336 e. The van der Waals surface area contributed by atoms with Crippen LogP contribution in [0.4, 0.5) is 0 Å². The van der Waals surface area contributed by atoms with E-state index in [1.165, 1.54) is 0 Å². The molecule has 3 aromatic rings. The molecule has 1 aromatic carbocycles. The van der Waals surface area contributed by atoms with Crippen LogP contribution in [0.1, 0.15) is 15.9 Å². The number of carboxylic acid groups (broad SMARTS) is 1. The molecule has 128 valence electrons. The summed E-state index contributed by atoms with van der Waals surface area (Å²) in [6.07, 6.45) is 0. The first-order valence-corrected chi connectivity index (χ1v) is 9.24. The first-order chi connectivity index (χ1) is 12.2. The quantitative estimate of drug-likeness (QED) is 0.755. The van der Waals surface area contributed by atoms with Gasteiger partial charge in [-0.1, -0.05) is 24.3 Å². The molecule has 0 radical (unpaired) electrons. The summed E-state index contributed by atoms with van der Waals surface area (Å²) >= 11 is 1.59. The van der Waals surface area contributed by atoms with Gasteiger partial charge in [0, 0.05) is 43.7 Å². The van der Waals surface area contributed by atoms with Gasteiger partial charge in [-0.2, -0.15) is 0 Å². The summed E-state index contributed by atoms with van der Waals surface area (Å²) < 4.78 is 0. The largest absolute Gasteiger partial charge is 0.478 e. The van der Waals surface area contributed by atoms with E-state index in [2.05, 4.69) is 10.2 Å². The number of nitrogens with one attached hydrogen (secondary N) is 1. The van der Waals surface area contributed by atoms with Gasteiger partial charge in [0.15, 0.2) is 0 Å². The van der Waals surface area contributed by atoms with E-state index < -0.39 is 5.97 Å². The van der Waals surface area contributed by atoms with Crippen molar-refractivity contribution in [2.24, 2.45) is 0 Å². The number of aromatic nitrogens is 1. The number of carbonyl (C=O) groups is 1. The van der Waals surface area contributed by atoms with Crippen molar-refractivity contribution >= 4 is 28.2 Å². The zero-order valence-electron chi connectivity index (χ0n) is 13.7. The fourth-order valence-electron chi connectivity index (χ4n) is 3.36. The van der Waals surface area contributed by atoms with Crippen LogP contribution in [0.25, 0.3) is 21.5 Å². The number of piperazine rings is 1. The first kappa shape index (κ1) is 16.2. The van der Waals surface area contributed by atoms with Crippen molar-refractivity contribution in [1.29, 1.82) is 0 Å². The Bertz CT molecular complexity index is 902. The van der Waals surface area contributed by atoms with E-state index >= 15 is 0 Å². The van der Waals surface area contributed by atoms with Crippen LogP contribution < -0.4 is 5.32 Å². The van der Waals surface area contributed by atoms with Gasteiger partial charge in [-0.05, 0) is 17.5 Å². The maximum Gasteiger partial charge on any atom is 0.336 e. The molecular weight excluding hydrogens is 334 g/mol. The van der Waals surface area contributed by atoms with Gasteiger partial charge in [-0.25, -0.2) is 9.78 Å². The van der Waals surface area contributed by atoms with Crippen molar-refractivity contribution in [2.75, 3.05) is 26.2 Å². The zero-order valence-corrected chi connectivity index (χ0v) is 14.6. The van der Waals surface area contributed by atoms with Gasteiger partial charge in [-0.3, -0.25) is 4.90 Å². The lowest BCUT2D eigenvalue weighted by Crippen LogP contribution is -2.43. The van der Waals surface area contributed by atoms with Crippen molar-refractivity contribution in [1.82, 2.24) is 15.2 Å². The van der Waals surface area contributed by atoms with E-state index in [-0.39, 0.29) is 0 Å². The molecule has 4 rings (SSSR count). The van der Waals surface area contributed by atoms with Crippen LogP contribution in [0.5, 0.6) is 0 Å². The first-order valence-electron chi connectivity index (χ1n) is 8.36. The molecule has 0 atom stereocenters. The number of pyridine rings is 1. The highest BCUT2D eigenvalue weighted by molar-refractivity contribution is 7.13. The lowest BCUT2D eigenvalue weighted by atomic mass is 9.98. The second kappa shape index (κ2) is 6.92. The summed E-state index contributed by atoms with van der Waals surface area (Å²) in [6.45, 7) is 4.29. The SMILES string of the molecule is O=C(O)c1c(CN2CCNCC2)c(-c2cccs2)nc2ccccc12. The molecule has 1 aliphatic heterocycles. The molecule has 0 unspecified atom stereocenters. The third-order valence-corrected chi connectivity index (χ3v) is 5.43. The molecule has 0 spiro atoms. The van der Waals surface area contributed by atoms with Crippen LogP contribution in [0.2, 0.25) is 0 Å². The number of para-hydroxylation sites is 1. The number of benzene rings is 1. The molecule has 0 aliphatic carbocycles. The molecule has 0 bridgehead atoms. The summed E-state index contributed by atoms with van der Waals surface area (Å²) in [4.78, 5) is 20.3. The number of aromatic carboxylic acids is 1. The lowest BCUT2D eigenvalue weighted by Gasteiger charge is -2.28. The highest BCUT2D eigenvalue weighted by Gasteiger charge is 2.23. The Labute approximate surface area is 149 Å². The standard InChI is InChI=1S/C19H19N3O2S/c23-19(24)17-13-4-1-2-5-15(13)21-18(16-6-3-11-25-16)14(17)12-22-9-7-20-8-10-22/h1-6,11,20H,7-10,12H2,(H,23,24). The summed E-state index contributed by atoms with van der Waals surface area (Å²) in [5.74, 6) is -0.887. The highest BCUT2D eigenvalue weighted by Crippen LogP contribution is 2.33. The Morgan fingerprint density at radius 1 is 1.20 bits per heavy atom. The highest BCUT2D eigenvalue weighted by atomic mass is 32.1. The van der Waals surface area contributed by atoms with E-state index in [9.17, 15) is 9.90 Å². The Hall–Kier alpha value is -2.28. The van der Waals surface area contributed by atoms with Crippen molar-refractivity contribution in [3.63, 3.8) is 0 Å². The third-order valence-electron chi connectivity index (χ3n) is 4.55. The second-order valence-electron chi connectivity index (χ2n) is 6.14. The number of carboxylic acids is 1. The summed E-state index contributed by atoms with van der Waals surface area (Å²) in [6, 6.07) is 11.5. The van der Waals surface area contributed by atoms with Crippen molar-refractivity contribution < 1.29 is 9.90 Å². The van der Waals surface area contributed by atoms with Crippen LogP contribution in [-0.4, -0.2) is 47.1 Å². The number of rotatable bonds is 4. The van der Waals surface area contributed by atoms with Crippen molar-refractivity contribution in [2.45, 2.75) is 6.54 Å². The lowest BCUT2D eigenvalue weighted by molar-refractivity contribution is 0.0696. The van der Waals surface area contributed by atoms with Gasteiger partial charge in [0.25, 0.3) is 0 Å². The molecule has 0 saturated carbocycles. The molecule has 1 aliphatic rings. The molecular formula is C19H19N3O2S. The van der Waals surface area contributed by atoms with Gasteiger partial charge in [-0.15, -0.1) is 11.3 Å². The van der Waals surface area contributed by atoms with E-state index in [0.717, 1.165) is 47.8 Å². The van der Waals surface area contributed by atoms with Crippen LogP contribution in [0, 0.1) is 0 Å². The minimum Gasteiger partial charge on any atom is -0.478 e. The summed E-state index contributed by atoms with van der Waals surface area (Å²) in [7, 11) is 0. The van der Waals surface area contributed by atoms with Gasteiger partial charge < -0.3 is 10.4 Å². The summed E-state index contributed by atoms with van der Waals surface area (Å²) in [5.41, 5.74) is 2.72. The van der Waals surface area contributed by atoms with Gasteiger partial charge >= 0.3 is 5.97 Å². The van der Waals surface area contributed by atoms with E-state index in [1.807, 2.05) is 41.8 Å². The third kappa shape index (κ3) is 3.16. The minimum atomic E-state index is -0.887. The van der Waals surface area contributed by atoms with Crippen molar-refractivity contribution in [3.8, 4) is 10.6 Å². The number of hydrogen-bond donors (Lipinski definition) is 2. The average Bonchev–Trinajstić information content (AvgIpc) is 3.16. The normalized spacial score (nSPS) is 15.5. The van der Waals surface area contributed by atoms with Gasteiger partial charge in [0.05, 0.1) is 21.7 Å². The average molecular weight is 353 g/mol. The maximum atomic E-state index is 12.1. The molecule has 2 aromatic heterocycles. The number of hydrogen-bond acceptors (Lipinski definition) is 5. The molecule has 1 fully saturated rings. The zero-order chi connectivity index (χ0) is 17.2. The monoisotopic (exact) mass is 353 g/mol. The number of thiophene rings is 1. The van der Waals surface area contributed by atoms with Crippen LogP contribution in [0.3, 0.4) is 0 Å². The van der Waals surface area contributed by atoms with Crippen LogP contribution >= 0.6 is 11.3 Å². The second-order valence-corrected chi connectivity index (χ2v) is 7.09. The fraction of sp³-hybridized carbons (Fsp3) is 0.263. The number of fused-ring (bicyclic) bond motifs is 1. The van der Waals surface area contributed by atoms with Crippen LogP contribution in [0.15, 0.2) is 41.8 Å². The molecule has 6 heteroatoms. The molecule has 0 amide bonds. The van der Waals surface area contributed by atoms with Crippen LogP contribution in [-0.2, 0) is 6.54 Å². The Balaban J connectivity index is 1.93. The fourth-order valence-corrected chi connectivity index (χ4v) is 4.10.